The Morgan fingerprint density at radius 3 is 2.50 bits per heavy atom. The lowest BCUT2D eigenvalue weighted by atomic mass is 9.74. The maximum absolute atomic E-state index is 6.01. The standard InChI is InChI=1S/C14H26N2/c1-5-8-12(6-2)16-14(11-15)10-7-9-13(14,3)4/h2,12,16H,5,7-11,15H2,1,3-4H3. The molecule has 0 aromatic heterocycles. The molecule has 0 amide bonds. The smallest absolute Gasteiger partial charge is 0.0691 e. The molecule has 2 nitrogen and oxygen atoms in total. The molecule has 0 aromatic rings. The molecule has 0 spiro atoms. The van der Waals surface area contributed by atoms with Crippen LogP contribution in [0.2, 0.25) is 0 Å². The van der Waals surface area contributed by atoms with E-state index < -0.39 is 0 Å². The number of terminal acetylenes is 1. The Labute approximate surface area is 100 Å². The summed E-state index contributed by atoms with van der Waals surface area (Å²) in [6.45, 7) is 7.46. The van der Waals surface area contributed by atoms with Gasteiger partial charge in [0.2, 0.25) is 0 Å². The van der Waals surface area contributed by atoms with Crippen LogP contribution in [0.5, 0.6) is 0 Å². The minimum Gasteiger partial charge on any atom is -0.329 e. The number of nitrogens with one attached hydrogen (secondary N) is 1. The minimum atomic E-state index is 0.0409. The summed E-state index contributed by atoms with van der Waals surface area (Å²) in [5.74, 6) is 2.86. The van der Waals surface area contributed by atoms with Crippen LogP contribution in [0, 0.1) is 17.8 Å². The van der Waals surface area contributed by atoms with E-state index in [9.17, 15) is 0 Å². The fourth-order valence-electron chi connectivity index (χ4n) is 2.93. The Balaban J connectivity index is 2.78. The van der Waals surface area contributed by atoms with E-state index in [2.05, 4.69) is 32.0 Å². The largest absolute Gasteiger partial charge is 0.329 e. The van der Waals surface area contributed by atoms with Crippen molar-refractivity contribution < 1.29 is 0 Å². The van der Waals surface area contributed by atoms with Crippen LogP contribution >= 0.6 is 0 Å². The van der Waals surface area contributed by atoms with Gasteiger partial charge in [-0.3, -0.25) is 5.32 Å². The van der Waals surface area contributed by atoms with Crippen molar-refractivity contribution in [2.75, 3.05) is 6.54 Å². The third-order valence-corrected chi connectivity index (χ3v) is 4.28. The van der Waals surface area contributed by atoms with Crippen molar-refractivity contribution in [3.05, 3.63) is 0 Å². The topological polar surface area (TPSA) is 38.0 Å². The van der Waals surface area contributed by atoms with E-state index in [0.717, 1.165) is 19.3 Å². The third-order valence-electron chi connectivity index (χ3n) is 4.28. The lowest BCUT2D eigenvalue weighted by molar-refractivity contribution is 0.153. The highest BCUT2D eigenvalue weighted by atomic mass is 15.1. The molecule has 3 N–H and O–H groups in total. The molecule has 1 fully saturated rings. The molecule has 92 valence electrons. The number of nitrogens with two attached hydrogens (primary N) is 1. The van der Waals surface area contributed by atoms with Crippen molar-refractivity contribution in [3.63, 3.8) is 0 Å². The van der Waals surface area contributed by atoms with Crippen molar-refractivity contribution in [3.8, 4) is 12.3 Å². The van der Waals surface area contributed by atoms with Crippen LogP contribution in [-0.4, -0.2) is 18.1 Å². The summed E-state index contributed by atoms with van der Waals surface area (Å²) >= 11 is 0. The molecular formula is C14H26N2. The van der Waals surface area contributed by atoms with Gasteiger partial charge in [-0.2, -0.15) is 0 Å². The third kappa shape index (κ3) is 2.42. The molecule has 1 aliphatic carbocycles. The molecule has 0 heterocycles. The van der Waals surface area contributed by atoms with E-state index in [1.54, 1.807) is 0 Å². The quantitative estimate of drug-likeness (QED) is 0.700. The fraction of sp³-hybridized carbons (Fsp3) is 0.857. The Morgan fingerprint density at radius 1 is 1.44 bits per heavy atom. The van der Waals surface area contributed by atoms with Gasteiger partial charge in [0.1, 0.15) is 0 Å². The van der Waals surface area contributed by atoms with Gasteiger partial charge in [0.05, 0.1) is 6.04 Å². The minimum absolute atomic E-state index is 0.0409. The van der Waals surface area contributed by atoms with Crippen molar-refractivity contribution in [2.45, 2.75) is 64.5 Å². The van der Waals surface area contributed by atoms with Gasteiger partial charge in [-0.25, -0.2) is 0 Å². The van der Waals surface area contributed by atoms with E-state index in [1.807, 2.05) is 0 Å². The molecule has 1 aliphatic rings. The summed E-state index contributed by atoms with van der Waals surface area (Å²) in [6, 6.07) is 0.172. The van der Waals surface area contributed by atoms with Crippen LogP contribution in [0.25, 0.3) is 0 Å². The molecule has 2 atom stereocenters. The first-order valence-electron chi connectivity index (χ1n) is 6.45. The van der Waals surface area contributed by atoms with Crippen molar-refractivity contribution >= 4 is 0 Å². The Kier molecular flexibility index (Phi) is 4.41. The average molecular weight is 222 g/mol. The Morgan fingerprint density at radius 2 is 2.12 bits per heavy atom. The van der Waals surface area contributed by atoms with Crippen LogP contribution in [-0.2, 0) is 0 Å². The SMILES string of the molecule is C#CC(CCC)NC1(CN)CCCC1(C)C. The van der Waals surface area contributed by atoms with Gasteiger partial charge in [-0.05, 0) is 24.7 Å². The predicted molar refractivity (Wildman–Crippen MR) is 70.1 cm³/mol. The number of hydrogen-bond acceptors (Lipinski definition) is 2. The molecule has 16 heavy (non-hydrogen) atoms. The highest BCUT2D eigenvalue weighted by molar-refractivity contribution is 5.11. The summed E-state index contributed by atoms with van der Waals surface area (Å²) < 4.78 is 0. The molecular weight excluding hydrogens is 196 g/mol. The summed E-state index contributed by atoms with van der Waals surface area (Å²) in [7, 11) is 0. The summed E-state index contributed by atoms with van der Waals surface area (Å²) in [5, 5.41) is 3.66. The van der Waals surface area contributed by atoms with E-state index >= 15 is 0 Å². The van der Waals surface area contributed by atoms with E-state index in [-0.39, 0.29) is 17.0 Å². The maximum atomic E-state index is 6.01. The first kappa shape index (κ1) is 13.5. The second-order valence-corrected chi connectivity index (χ2v) is 5.68. The van der Waals surface area contributed by atoms with Crippen LogP contribution in [0.4, 0.5) is 0 Å². The predicted octanol–water partition coefficient (Wildman–Crippen LogP) is 2.29. The van der Waals surface area contributed by atoms with E-state index in [1.165, 1.54) is 12.8 Å². The molecule has 0 aromatic carbocycles. The monoisotopic (exact) mass is 222 g/mol. The van der Waals surface area contributed by atoms with Crippen molar-refractivity contribution in [1.29, 1.82) is 0 Å². The summed E-state index contributed by atoms with van der Waals surface area (Å²) in [6.07, 6.45) is 11.4. The zero-order chi connectivity index (χ0) is 12.2. The maximum Gasteiger partial charge on any atom is 0.0691 e. The van der Waals surface area contributed by atoms with E-state index in [4.69, 9.17) is 12.2 Å². The van der Waals surface area contributed by atoms with E-state index in [0.29, 0.717) is 6.54 Å². The van der Waals surface area contributed by atoms with Crippen LogP contribution in [0.3, 0.4) is 0 Å². The molecule has 0 saturated heterocycles. The first-order chi connectivity index (χ1) is 7.51. The molecule has 2 heteroatoms. The fourth-order valence-corrected chi connectivity index (χ4v) is 2.93. The Bertz CT molecular complexity index is 264. The van der Waals surface area contributed by atoms with Crippen LogP contribution < -0.4 is 11.1 Å². The van der Waals surface area contributed by atoms with Gasteiger partial charge in [0, 0.05) is 12.1 Å². The highest BCUT2D eigenvalue weighted by Gasteiger charge is 2.48. The normalized spacial score (nSPS) is 29.9. The molecule has 0 radical (unpaired) electrons. The van der Waals surface area contributed by atoms with Crippen LogP contribution in [0.15, 0.2) is 0 Å². The Hall–Kier alpha value is -0.520. The van der Waals surface area contributed by atoms with Gasteiger partial charge in [-0.1, -0.05) is 39.5 Å². The summed E-state index contributed by atoms with van der Waals surface area (Å²) in [5.41, 5.74) is 6.31. The molecule has 0 aliphatic heterocycles. The van der Waals surface area contributed by atoms with Crippen molar-refractivity contribution in [1.82, 2.24) is 5.32 Å². The molecule has 1 saturated carbocycles. The zero-order valence-corrected chi connectivity index (χ0v) is 11.0. The second-order valence-electron chi connectivity index (χ2n) is 5.68. The lowest BCUT2D eigenvalue weighted by Gasteiger charge is -2.43. The highest BCUT2D eigenvalue weighted by Crippen LogP contribution is 2.45. The van der Waals surface area contributed by atoms with Gasteiger partial charge in [0.15, 0.2) is 0 Å². The number of hydrogen-bond donors (Lipinski definition) is 2. The lowest BCUT2D eigenvalue weighted by Crippen LogP contribution is -2.60. The van der Waals surface area contributed by atoms with Crippen LogP contribution in [0.1, 0.15) is 52.9 Å². The van der Waals surface area contributed by atoms with Gasteiger partial charge < -0.3 is 5.73 Å². The first-order valence-corrected chi connectivity index (χ1v) is 6.45. The zero-order valence-electron chi connectivity index (χ0n) is 11.0. The molecule has 0 bridgehead atoms. The van der Waals surface area contributed by atoms with Gasteiger partial charge in [-0.15, -0.1) is 6.42 Å². The molecule has 1 rings (SSSR count). The summed E-state index contributed by atoms with van der Waals surface area (Å²) in [4.78, 5) is 0. The van der Waals surface area contributed by atoms with Crippen molar-refractivity contribution in [2.24, 2.45) is 11.1 Å². The van der Waals surface area contributed by atoms with Gasteiger partial charge >= 0.3 is 0 Å². The van der Waals surface area contributed by atoms with Gasteiger partial charge in [0.25, 0.3) is 0 Å². The number of rotatable bonds is 5. The average Bonchev–Trinajstić information content (AvgIpc) is 2.54. The molecule has 2 unspecified atom stereocenters. The second kappa shape index (κ2) is 5.21.